The van der Waals surface area contributed by atoms with Gasteiger partial charge in [0.15, 0.2) is 0 Å². The summed E-state index contributed by atoms with van der Waals surface area (Å²) < 4.78 is 7.01. The summed E-state index contributed by atoms with van der Waals surface area (Å²) in [6.07, 6.45) is 1.51. The van der Waals surface area contributed by atoms with Crippen molar-refractivity contribution in [3.8, 4) is 5.75 Å². The van der Waals surface area contributed by atoms with E-state index < -0.39 is 11.2 Å². The van der Waals surface area contributed by atoms with Gasteiger partial charge in [0.05, 0.1) is 25.4 Å². The number of benzene rings is 2. The summed E-state index contributed by atoms with van der Waals surface area (Å²) in [5.41, 5.74) is 6.61. The summed E-state index contributed by atoms with van der Waals surface area (Å²) in [6.45, 7) is 4.95. The Morgan fingerprint density at radius 3 is 2.47 bits per heavy atom. The predicted molar refractivity (Wildman–Crippen MR) is 135 cm³/mol. The highest BCUT2D eigenvalue weighted by Crippen LogP contribution is 2.24. The first-order valence-corrected chi connectivity index (χ1v) is 11.4. The Hall–Kier alpha value is -4.01. The topological polar surface area (TPSA) is 122 Å². The number of nitrogens with one attached hydrogen (secondary N) is 2. The van der Waals surface area contributed by atoms with E-state index in [1.807, 2.05) is 50.2 Å². The van der Waals surface area contributed by atoms with Crippen LogP contribution >= 0.6 is 0 Å². The van der Waals surface area contributed by atoms with E-state index in [2.05, 4.69) is 10.3 Å². The molecule has 0 atom stereocenters. The van der Waals surface area contributed by atoms with Crippen LogP contribution in [-0.4, -0.2) is 35.2 Å². The maximum atomic E-state index is 12.9. The lowest BCUT2D eigenvalue weighted by atomic mass is 10.2. The minimum absolute atomic E-state index is 0.0190. The molecule has 1 aromatic heterocycles. The molecule has 1 heterocycles. The number of nitrogens with zero attached hydrogens (tertiary/aromatic N) is 2. The number of aromatic nitrogens is 2. The van der Waals surface area contributed by atoms with Crippen molar-refractivity contribution < 1.29 is 9.53 Å². The van der Waals surface area contributed by atoms with Gasteiger partial charge in [0.25, 0.3) is 5.56 Å². The molecule has 0 bridgehead atoms. The molecule has 3 aromatic rings. The molecule has 9 nitrogen and oxygen atoms in total. The maximum Gasteiger partial charge on any atom is 0.330 e. The summed E-state index contributed by atoms with van der Waals surface area (Å²) in [5, 5.41) is 2.86. The van der Waals surface area contributed by atoms with Crippen LogP contribution in [0.5, 0.6) is 5.75 Å². The van der Waals surface area contributed by atoms with Gasteiger partial charge in [-0.1, -0.05) is 56.3 Å². The number of aromatic amines is 1. The highest BCUT2D eigenvalue weighted by molar-refractivity contribution is 5.95. The van der Waals surface area contributed by atoms with E-state index in [1.54, 1.807) is 23.1 Å². The van der Waals surface area contributed by atoms with Crippen molar-refractivity contribution in [2.24, 2.45) is 0 Å². The number of hydrogen-bond donors (Lipinski definition) is 3. The number of ether oxygens (including phenoxy) is 1. The van der Waals surface area contributed by atoms with Crippen molar-refractivity contribution in [1.29, 1.82) is 0 Å². The number of para-hydroxylation sites is 2. The molecule has 180 valence electrons. The summed E-state index contributed by atoms with van der Waals surface area (Å²) in [7, 11) is 0. The lowest BCUT2D eigenvalue weighted by Gasteiger charge is -2.25. The van der Waals surface area contributed by atoms with Gasteiger partial charge in [0.2, 0.25) is 5.91 Å². The van der Waals surface area contributed by atoms with Crippen LogP contribution in [0.25, 0.3) is 0 Å². The Labute approximate surface area is 198 Å². The van der Waals surface area contributed by atoms with Gasteiger partial charge < -0.3 is 20.7 Å². The highest BCUT2D eigenvalue weighted by atomic mass is 16.5. The third-order valence-corrected chi connectivity index (χ3v) is 5.16. The molecule has 0 spiro atoms. The van der Waals surface area contributed by atoms with Crippen LogP contribution in [0, 0.1) is 0 Å². The van der Waals surface area contributed by atoms with Crippen molar-refractivity contribution in [3.63, 3.8) is 0 Å². The third-order valence-electron chi connectivity index (χ3n) is 5.16. The van der Waals surface area contributed by atoms with E-state index in [-0.39, 0.29) is 30.5 Å². The summed E-state index contributed by atoms with van der Waals surface area (Å²) in [4.78, 5) is 42.1. The van der Waals surface area contributed by atoms with E-state index >= 15 is 0 Å². The van der Waals surface area contributed by atoms with Crippen LogP contribution in [0.2, 0.25) is 0 Å². The molecule has 0 aliphatic carbocycles. The Morgan fingerprint density at radius 2 is 1.76 bits per heavy atom. The molecule has 1 amide bonds. The van der Waals surface area contributed by atoms with Crippen LogP contribution in [0.15, 0.2) is 64.2 Å². The Kier molecular flexibility index (Phi) is 8.50. The normalized spacial score (nSPS) is 10.6. The lowest BCUT2D eigenvalue weighted by Crippen LogP contribution is -2.42. The molecule has 2 aromatic carbocycles. The van der Waals surface area contributed by atoms with Gasteiger partial charge in [-0.2, -0.15) is 0 Å². The summed E-state index contributed by atoms with van der Waals surface area (Å²) in [6, 6.07) is 16.5. The second-order valence-corrected chi connectivity index (χ2v) is 7.88. The Bertz CT molecular complexity index is 1220. The fourth-order valence-corrected chi connectivity index (χ4v) is 3.62. The molecule has 0 unspecified atom stereocenters. The van der Waals surface area contributed by atoms with Crippen molar-refractivity contribution >= 4 is 23.1 Å². The van der Waals surface area contributed by atoms with Gasteiger partial charge in [-0.25, -0.2) is 4.79 Å². The molecule has 0 radical (unpaired) electrons. The number of carbonyl (C=O) groups excluding carboxylic acids is 1. The van der Waals surface area contributed by atoms with Crippen LogP contribution in [0.3, 0.4) is 0 Å². The zero-order valence-corrected chi connectivity index (χ0v) is 19.5. The first-order valence-electron chi connectivity index (χ1n) is 11.4. The second kappa shape index (κ2) is 11.7. The van der Waals surface area contributed by atoms with Crippen LogP contribution in [0.1, 0.15) is 32.3 Å². The zero-order valence-electron chi connectivity index (χ0n) is 19.5. The van der Waals surface area contributed by atoms with Crippen molar-refractivity contribution in [1.82, 2.24) is 9.55 Å². The number of amides is 1. The smallest absolute Gasteiger partial charge is 0.330 e. The maximum absolute atomic E-state index is 12.9. The average molecular weight is 466 g/mol. The van der Waals surface area contributed by atoms with Gasteiger partial charge in [0.1, 0.15) is 17.3 Å². The van der Waals surface area contributed by atoms with E-state index in [0.29, 0.717) is 31.0 Å². The number of carbonyl (C=O) groups is 1. The van der Waals surface area contributed by atoms with E-state index in [0.717, 1.165) is 12.0 Å². The molecule has 34 heavy (non-hydrogen) atoms. The fourth-order valence-electron chi connectivity index (χ4n) is 3.62. The summed E-state index contributed by atoms with van der Waals surface area (Å²) in [5.74, 6) is 0.264. The number of rotatable bonds is 11. The monoisotopic (exact) mass is 465 g/mol. The fraction of sp³-hybridized carbons (Fsp3) is 0.320. The number of anilines is 3. The molecule has 0 aliphatic rings. The molecular weight excluding hydrogens is 434 g/mol. The van der Waals surface area contributed by atoms with E-state index in [9.17, 15) is 14.4 Å². The number of H-pyrrole nitrogens is 1. The third kappa shape index (κ3) is 6.06. The molecule has 0 saturated carbocycles. The van der Waals surface area contributed by atoms with Gasteiger partial charge in [-0.15, -0.1) is 0 Å². The van der Waals surface area contributed by atoms with Crippen molar-refractivity contribution in [3.05, 3.63) is 81.0 Å². The van der Waals surface area contributed by atoms with Crippen molar-refractivity contribution in [2.45, 2.75) is 33.2 Å². The quantitative estimate of drug-likeness (QED) is 0.400. The number of nitrogens with two attached hydrogens (primary N) is 1. The molecule has 3 rings (SSSR count). The predicted octanol–water partition coefficient (Wildman–Crippen LogP) is 2.81. The standard InChI is InChI=1S/C25H31N5O4/c1-3-14-29(17-21(31)27-19-12-8-9-13-20(19)34-15-4-2)22-23(26)30(25(33)28-24(22)32)16-18-10-6-5-7-11-18/h5-13H,3-4,14-17,26H2,1-2H3,(H,27,31)(H,28,32,33). The van der Waals surface area contributed by atoms with E-state index in [4.69, 9.17) is 10.5 Å². The first-order chi connectivity index (χ1) is 16.4. The second-order valence-electron chi connectivity index (χ2n) is 7.88. The van der Waals surface area contributed by atoms with Gasteiger partial charge in [0, 0.05) is 6.54 Å². The van der Waals surface area contributed by atoms with Crippen LogP contribution in [-0.2, 0) is 11.3 Å². The molecular formula is C25H31N5O4. The molecule has 0 saturated heterocycles. The van der Waals surface area contributed by atoms with Crippen molar-refractivity contribution in [2.75, 3.05) is 35.6 Å². The first kappa shape index (κ1) is 24.6. The summed E-state index contributed by atoms with van der Waals surface area (Å²) >= 11 is 0. The average Bonchev–Trinajstić information content (AvgIpc) is 2.82. The van der Waals surface area contributed by atoms with E-state index in [1.165, 1.54) is 4.57 Å². The SMILES string of the molecule is CCCOc1ccccc1NC(=O)CN(CCC)c1c(N)n(Cc2ccccc2)c(=O)[nH]c1=O. The van der Waals surface area contributed by atoms with Gasteiger partial charge in [-0.05, 0) is 30.5 Å². The largest absolute Gasteiger partial charge is 0.491 e. The molecule has 0 fully saturated rings. The van der Waals surface area contributed by atoms with Crippen LogP contribution < -0.4 is 31.9 Å². The molecule has 9 heteroatoms. The number of hydrogen-bond acceptors (Lipinski definition) is 6. The zero-order chi connectivity index (χ0) is 24.5. The lowest BCUT2D eigenvalue weighted by molar-refractivity contribution is -0.115. The molecule has 4 N–H and O–H groups in total. The van der Waals surface area contributed by atoms with Gasteiger partial charge >= 0.3 is 5.69 Å². The minimum atomic E-state index is -0.625. The highest BCUT2D eigenvalue weighted by Gasteiger charge is 2.21. The number of nitrogen functional groups attached to an aromatic ring is 1. The van der Waals surface area contributed by atoms with Crippen LogP contribution in [0.4, 0.5) is 17.2 Å². The Balaban J connectivity index is 1.88. The Morgan fingerprint density at radius 1 is 1.06 bits per heavy atom. The van der Waals surface area contributed by atoms with Gasteiger partial charge in [-0.3, -0.25) is 19.1 Å². The molecule has 0 aliphatic heterocycles. The minimum Gasteiger partial charge on any atom is -0.491 e.